The van der Waals surface area contributed by atoms with Gasteiger partial charge < -0.3 is 15.0 Å². The predicted octanol–water partition coefficient (Wildman–Crippen LogP) is 2.44. The van der Waals surface area contributed by atoms with Gasteiger partial charge in [0.05, 0.1) is 17.7 Å². The van der Waals surface area contributed by atoms with E-state index in [1.165, 1.54) is 25.0 Å². The Kier molecular flexibility index (Phi) is 7.00. The molecular weight excluding hydrogens is 385 g/mol. The lowest BCUT2D eigenvalue weighted by Crippen LogP contribution is -2.58. The molecule has 3 aliphatic rings. The molecule has 2 amide bonds. The highest BCUT2D eigenvalue weighted by Crippen LogP contribution is 2.31. The lowest BCUT2D eigenvalue weighted by molar-refractivity contribution is -0.129. The molecule has 0 aromatic heterocycles. The number of benzene rings is 1. The summed E-state index contributed by atoms with van der Waals surface area (Å²) in [4.78, 5) is 29.8. The molecule has 2 aliphatic heterocycles. The van der Waals surface area contributed by atoms with Crippen molar-refractivity contribution in [3.63, 3.8) is 0 Å². The molecule has 4 rings (SSSR count). The number of piperazine rings is 1. The fourth-order valence-corrected chi connectivity index (χ4v) is 5.08. The van der Waals surface area contributed by atoms with Crippen LogP contribution in [0.15, 0.2) is 24.3 Å². The molecule has 1 saturated carbocycles. The van der Waals surface area contributed by atoms with Crippen molar-refractivity contribution < 1.29 is 18.7 Å². The summed E-state index contributed by atoms with van der Waals surface area (Å²) in [5.41, 5.74) is 0.118. The zero-order valence-electron chi connectivity index (χ0n) is 17.5. The van der Waals surface area contributed by atoms with Crippen molar-refractivity contribution in [3.05, 3.63) is 35.6 Å². The minimum Gasteiger partial charge on any atom is -0.376 e. The second-order valence-corrected chi connectivity index (χ2v) is 8.68. The minimum atomic E-state index is -0.484. The van der Waals surface area contributed by atoms with Crippen molar-refractivity contribution in [2.24, 2.45) is 5.92 Å². The summed E-state index contributed by atoms with van der Waals surface area (Å²) >= 11 is 0. The number of amides is 2. The molecule has 30 heavy (non-hydrogen) atoms. The molecule has 2 heterocycles. The number of nitrogens with one attached hydrogen (secondary N) is 1. The van der Waals surface area contributed by atoms with Crippen molar-refractivity contribution >= 4 is 11.8 Å². The number of halogens is 1. The number of carbonyl (C=O) groups excluding carboxylic acids is 2. The molecule has 1 aliphatic carbocycles. The van der Waals surface area contributed by atoms with Crippen LogP contribution in [0.5, 0.6) is 0 Å². The van der Waals surface area contributed by atoms with Gasteiger partial charge in [0.25, 0.3) is 5.91 Å². The molecule has 2 atom stereocenters. The number of hydrogen-bond donors (Lipinski definition) is 1. The van der Waals surface area contributed by atoms with Crippen LogP contribution in [0.2, 0.25) is 0 Å². The van der Waals surface area contributed by atoms with Gasteiger partial charge in [-0.3, -0.25) is 14.5 Å². The van der Waals surface area contributed by atoms with E-state index in [2.05, 4.69) is 10.2 Å². The zero-order valence-corrected chi connectivity index (χ0v) is 17.5. The maximum atomic E-state index is 14.0. The molecule has 1 aromatic carbocycles. The summed E-state index contributed by atoms with van der Waals surface area (Å²) in [5, 5.41) is 3.13. The molecule has 1 N–H and O–H groups in total. The second kappa shape index (κ2) is 9.88. The third-order valence-corrected chi connectivity index (χ3v) is 6.74. The topological polar surface area (TPSA) is 61.9 Å². The van der Waals surface area contributed by atoms with Crippen LogP contribution < -0.4 is 5.32 Å². The lowest BCUT2D eigenvalue weighted by Gasteiger charge is -2.41. The summed E-state index contributed by atoms with van der Waals surface area (Å²) in [6.07, 6.45) is 6.69. The normalized spacial score (nSPS) is 24.2. The number of carbonyl (C=O) groups is 2. The molecule has 0 spiro atoms. The fraction of sp³-hybridized carbons (Fsp3) is 0.652. The van der Waals surface area contributed by atoms with Crippen LogP contribution in [0.25, 0.3) is 0 Å². The second-order valence-electron chi connectivity index (χ2n) is 8.68. The highest BCUT2D eigenvalue weighted by Gasteiger charge is 2.37. The van der Waals surface area contributed by atoms with Gasteiger partial charge in [-0.2, -0.15) is 0 Å². The van der Waals surface area contributed by atoms with Crippen LogP contribution in [0, 0.1) is 11.7 Å². The van der Waals surface area contributed by atoms with E-state index in [0.29, 0.717) is 38.6 Å². The smallest absolute Gasteiger partial charge is 0.256 e. The average Bonchev–Trinajstić information content (AvgIpc) is 3.47. The van der Waals surface area contributed by atoms with Crippen molar-refractivity contribution in [2.45, 2.75) is 50.7 Å². The van der Waals surface area contributed by atoms with Gasteiger partial charge in [-0.15, -0.1) is 0 Å². The first-order chi connectivity index (χ1) is 14.6. The van der Waals surface area contributed by atoms with Crippen molar-refractivity contribution in [3.8, 4) is 0 Å². The summed E-state index contributed by atoms with van der Waals surface area (Å²) in [7, 11) is 0. The van der Waals surface area contributed by atoms with E-state index in [1.54, 1.807) is 17.0 Å². The Balaban J connectivity index is 1.37. The number of hydrogen-bond acceptors (Lipinski definition) is 4. The molecule has 2 saturated heterocycles. The van der Waals surface area contributed by atoms with Gasteiger partial charge in [0.15, 0.2) is 0 Å². The van der Waals surface area contributed by atoms with Gasteiger partial charge >= 0.3 is 0 Å². The van der Waals surface area contributed by atoms with E-state index in [-0.39, 0.29) is 29.5 Å². The van der Waals surface area contributed by atoms with Crippen LogP contribution in [0.1, 0.15) is 48.9 Å². The highest BCUT2D eigenvalue weighted by molar-refractivity contribution is 5.94. The number of nitrogens with zero attached hydrogens (tertiary/aromatic N) is 2. The maximum absolute atomic E-state index is 14.0. The molecule has 3 fully saturated rings. The van der Waals surface area contributed by atoms with Crippen LogP contribution >= 0.6 is 0 Å². The summed E-state index contributed by atoms with van der Waals surface area (Å²) < 4.78 is 19.6. The van der Waals surface area contributed by atoms with Gasteiger partial charge in [-0.1, -0.05) is 25.0 Å². The monoisotopic (exact) mass is 417 g/mol. The molecule has 1 aromatic rings. The Morgan fingerprint density at radius 1 is 1.07 bits per heavy atom. The minimum absolute atomic E-state index is 0.0891. The average molecular weight is 418 g/mol. The Labute approximate surface area is 177 Å². The highest BCUT2D eigenvalue weighted by atomic mass is 19.1. The Morgan fingerprint density at radius 3 is 2.47 bits per heavy atom. The van der Waals surface area contributed by atoms with Gasteiger partial charge in [0, 0.05) is 39.3 Å². The fourth-order valence-electron chi connectivity index (χ4n) is 5.08. The summed E-state index contributed by atoms with van der Waals surface area (Å²) in [6, 6.07) is 5.97. The Morgan fingerprint density at radius 2 is 1.80 bits per heavy atom. The molecule has 0 radical (unpaired) electrons. The first kappa shape index (κ1) is 21.2. The van der Waals surface area contributed by atoms with Crippen LogP contribution in [0.3, 0.4) is 0 Å². The van der Waals surface area contributed by atoms with Crippen molar-refractivity contribution in [1.82, 2.24) is 15.1 Å². The largest absolute Gasteiger partial charge is 0.376 e. The molecule has 7 heteroatoms. The zero-order chi connectivity index (χ0) is 20.9. The van der Waals surface area contributed by atoms with Gasteiger partial charge in [0.1, 0.15) is 5.82 Å². The summed E-state index contributed by atoms with van der Waals surface area (Å²) in [5.74, 6) is -0.301. The first-order valence-corrected chi connectivity index (χ1v) is 11.3. The Hall–Kier alpha value is -1.99. The van der Waals surface area contributed by atoms with Crippen LogP contribution in [-0.2, 0) is 9.53 Å². The molecule has 0 bridgehead atoms. The maximum Gasteiger partial charge on any atom is 0.256 e. The standard InChI is InChI=1S/C23H32FN3O3/c24-20-10-4-3-9-19(20)23(29)27-13-11-26(12-14-27)21(17-6-1-2-7-17)22(28)25-16-18-8-5-15-30-18/h3-4,9-10,17-18,21H,1-2,5-8,11-16H2,(H,25,28). The van der Waals surface area contributed by atoms with E-state index >= 15 is 0 Å². The van der Waals surface area contributed by atoms with Crippen molar-refractivity contribution in [1.29, 1.82) is 0 Å². The Bertz CT molecular complexity index is 739. The molecule has 2 unspecified atom stereocenters. The van der Waals surface area contributed by atoms with E-state index in [4.69, 9.17) is 4.74 Å². The molecule has 164 valence electrons. The predicted molar refractivity (Wildman–Crippen MR) is 112 cm³/mol. The summed E-state index contributed by atoms with van der Waals surface area (Å²) in [6.45, 7) is 3.65. The van der Waals surface area contributed by atoms with Crippen molar-refractivity contribution in [2.75, 3.05) is 39.3 Å². The quantitative estimate of drug-likeness (QED) is 0.772. The number of rotatable bonds is 6. The van der Waals surface area contributed by atoms with Gasteiger partial charge in [-0.25, -0.2) is 4.39 Å². The lowest BCUT2D eigenvalue weighted by atomic mass is 9.94. The SMILES string of the molecule is O=C(NCC1CCCO1)C(C1CCCC1)N1CCN(C(=O)c2ccccc2F)CC1. The third kappa shape index (κ3) is 4.83. The molecular formula is C23H32FN3O3. The van der Waals surface area contributed by atoms with Crippen LogP contribution in [0.4, 0.5) is 4.39 Å². The molecule has 6 nitrogen and oxygen atoms in total. The van der Waals surface area contributed by atoms with E-state index in [1.807, 2.05) is 0 Å². The van der Waals surface area contributed by atoms with E-state index in [0.717, 1.165) is 32.3 Å². The number of ether oxygens (including phenoxy) is 1. The van der Waals surface area contributed by atoms with Gasteiger partial charge in [0.2, 0.25) is 5.91 Å². The van der Waals surface area contributed by atoms with E-state index in [9.17, 15) is 14.0 Å². The van der Waals surface area contributed by atoms with Crippen LogP contribution in [-0.4, -0.2) is 73.1 Å². The van der Waals surface area contributed by atoms with Gasteiger partial charge in [-0.05, 0) is 43.7 Å². The first-order valence-electron chi connectivity index (χ1n) is 11.3. The van der Waals surface area contributed by atoms with E-state index < -0.39 is 5.82 Å². The third-order valence-electron chi connectivity index (χ3n) is 6.74.